The molecule has 5 rings (SSSR count). The highest BCUT2D eigenvalue weighted by atomic mass is 32.2. The minimum absolute atomic E-state index is 0.0983. The molecule has 2 N–H and O–H groups in total. The minimum atomic E-state index is 0.0983. The first kappa shape index (κ1) is 20.5. The quantitative estimate of drug-likeness (QED) is 0.394. The number of hydrogen-bond donors (Lipinski definition) is 2. The molecule has 3 aromatic rings. The van der Waals surface area contributed by atoms with Crippen LogP contribution in [0.4, 0.5) is 11.1 Å². The van der Waals surface area contributed by atoms with Crippen molar-refractivity contribution in [3.63, 3.8) is 0 Å². The predicted molar refractivity (Wildman–Crippen MR) is 124 cm³/mol. The predicted octanol–water partition coefficient (Wildman–Crippen LogP) is 3.19. The molecule has 0 bridgehead atoms. The van der Waals surface area contributed by atoms with Gasteiger partial charge in [0.2, 0.25) is 5.95 Å². The number of hydrogen-bond acceptors (Lipinski definition) is 9. The van der Waals surface area contributed by atoms with Crippen molar-refractivity contribution in [2.24, 2.45) is 5.41 Å². The van der Waals surface area contributed by atoms with Crippen molar-refractivity contribution in [3.8, 4) is 0 Å². The number of carbonyl (C=O) groups is 1. The van der Waals surface area contributed by atoms with Crippen molar-refractivity contribution >= 4 is 50.3 Å². The van der Waals surface area contributed by atoms with E-state index in [0.29, 0.717) is 5.95 Å². The van der Waals surface area contributed by atoms with Gasteiger partial charge in [-0.2, -0.15) is 0 Å². The summed E-state index contributed by atoms with van der Waals surface area (Å²) < 4.78 is 6.31. The molecule has 0 atom stereocenters. The van der Waals surface area contributed by atoms with E-state index in [-0.39, 0.29) is 11.3 Å². The molecule has 2 aromatic heterocycles. The van der Waals surface area contributed by atoms with Crippen molar-refractivity contribution in [1.82, 2.24) is 19.9 Å². The van der Waals surface area contributed by atoms with Crippen LogP contribution in [0.1, 0.15) is 16.8 Å². The van der Waals surface area contributed by atoms with Crippen molar-refractivity contribution in [2.45, 2.75) is 11.3 Å². The molecule has 0 aliphatic carbocycles. The Labute approximate surface area is 188 Å². The Bertz CT molecular complexity index is 1080. The lowest BCUT2D eigenvalue weighted by Gasteiger charge is -2.54. The third-order valence-electron chi connectivity index (χ3n) is 5.57. The number of amides is 1. The van der Waals surface area contributed by atoms with Gasteiger partial charge in [0.1, 0.15) is 0 Å². The smallest absolute Gasteiger partial charge is 0.253 e. The van der Waals surface area contributed by atoms with Gasteiger partial charge in [-0.3, -0.25) is 4.79 Å². The van der Waals surface area contributed by atoms with Gasteiger partial charge < -0.3 is 20.3 Å². The van der Waals surface area contributed by atoms with Gasteiger partial charge in [-0.25, -0.2) is 15.0 Å². The van der Waals surface area contributed by atoms with Crippen LogP contribution in [0.5, 0.6) is 0 Å². The monoisotopic (exact) mass is 456 g/mol. The standard InChI is InChI=1S/C21H24N6O2S2/c1-30-15-8-24-19(25-9-15)22-5-2-6-23-20-26-16-4-3-14(7-17(16)31-20)18(28)27-10-21(11-27)12-29-13-21/h3-4,7-9H,2,5-6,10-13H2,1H3,(H,23,26)(H,22,24,25). The third-order valence-corrected chi connectivity index (χ3v) is 7.23. The van der Waals surface area contributed by atoms with Crippen molar-refractivity contribution in [3.05, 3.63) is 36.2 Å². The molecule has 0 unspecified atom stereocenters. The lowest BCUT2D eigenvalue weighted by molar-refractivity contribution is -0.176. The van der Waals surface area contributed by atoms with E-state index in [4.69, 9.17) is 4.74 Å². The summed E-state index contributed by atoms with van der Waals surface area (Å²) in [5.74, 6) is 0.745. The first-order valence-electron chi connectivity index (χ1n) is 10.3. The number of nitrogens with zero attached hydrogens (tertiary/aromatic N) is 4. The first-order valence-corrected chi connectivity index (χ1v) is 12.3. The Morgan fingerprint density at radius 2 is 2.00 bits per heavy atom. The van der Waals surface area contributed by atoms with Crippen molar-refractivity contribution in [2.75, 3.05) is 56.3 Å². The van der Waals surface area contributed by atoms with Crippen LogP contribution in [0.25, 0.3) is 10.2 Å². The van der Waals surface area contributed by atoms with Gasteiger partial charge in [0.15, 0.2) is 5.13 Å². The fraction of sp³-hybridized carbons (Fsp3) is 0.429. The molecule has 1 amide bonds. The highest BCUT2D eigenvalue weighted by molar-refractivity contribution is 7.98. The number of rotatable bonds is 8. The zero-order chi connectivity index (χ0) is 21.3. The molecule has 2 saturated heterocycles. The summed E-state index contributed by atoms with van der Waals surface area (Å²) in [5.41, 5.74) is 1.88. The summed E-state index contributed by atoms with van der Waals surface area (Å²) in [5, 5.41) is 7.47. The molecule has 0 saturated carbocycles. The van der Waals surface area contributed by atoms with Crippen molar-refractivity contribution < 1.29 is 9.53 Å². The van der Waals surface area contributed by atoms with Gasteiger partial charge >= 0.3 is 0 Å². The summed E-state index contributed by atoms with van der Waals surface area (Å²) >= 11 is 3.21. The maximum atomic E-state index is 12.7. The number of nitrogens with one attached hydrogen (secondary N) is 2. The summed E-state index contributed by atoms with van der Waals surface area (Å²) in [6.45, 7) is 4.75. The fourth-order valence-electron chi connectivity index (χ4n) is 3.79. The summed E-state index contributed by atoms with van der Waals surface area (Å²) in [4.78, 5) is 28.9. The molecule has 2 fully saturated rings. The van der Waals surface area contributed by atoms with E-state index < -0.39 is 0 Å². The number of benzene rings is 1. The number of likely N-dealkylation sites (tertiary alicyclic amines) is 1. The maximum absolute atomic E-state index is 12.7. The normalized spacial score (nSPS) is 16.7. The van der Waals surface area contributed by atoms with Gasteiger partial charge in [-0.1, -0.05) is 11.3 Å². The Morgan fingerprint density at radius 3 is 2.71 bits per heavy atom. The zero-order valence-electron chi connectivity index (χ0n) is 17.3. The average molecular weight is 457 g/mol. The molecule has 4 heterocycles. The lowest BCUT2D eigenvalue weighted by atomic mass is 9.78. The summed E-state index contributed by atoms with van der Waals surface area (Å²) in [6, 6.07) is 5.77. The first-order chi connectivity index (χ1) is 15.1. The highest BCUT2D eigenvalue weighted by Gasteiger charge is 2.50. The molecule has 162 valence electrons. The molecule has 0 radical (unpaired) electrons. The topological polar surface area (TPSA) is 92.3 Å². The number of anilines is 2. The van der Waals surface area contributed by atoms with Gasteiger partial charge in [-0.15, -0.1) is 11.8 Å². The largest absolute Gasteiger partial charge is 0.380 e. The average Bonchev–Trinajstić information content (AvgIpc) is 3.13. The molecule has 1 aromatic carbocycles. The Kier molecular flexibility index (Phi) is 5.68. The van der Waals surface area contributed by atoms with E-state index in [1.165, 1.54) is 0 Å². The molecule has 8 nitrogen and oxygen atoms in total. The number of thiazole rings is 1. The second-order valence-corrected chi connectivity index (χ2v) is 9.92. The van der Waals surface area contributed by atoms with E-state index in [0.717, 1.165) is 71.6 Å². The minimum Gasteiger partial charge on any atom is -0.380 e. The molecular weight excluding hydrogens is 432 g/mol. The number of carbonyl (C=O) groups excluding carboxylic acids is 1. The SMILES string of the molecule is CSc1cnc(NCCCNc2nc3ccc(C(=O)N4CC5(COC5)C4)cc3s2)nc1. The van der Waals surface area contributed by atoms with Crippen LogP contribution in [0.3, 0.4) is 0 Å². The Balaban J connectivity index is 1.11. The van der Waals surface area contributed by atoms with Crippen LogP contribution in [-0.4, -0.2) is 71.4 Å². The van der Waals surface area contributed by atoms with Gasteiger partial charge in [0.05, 0.1) is 28.8 Å². The van der Waals surface area contributed by atoms with Crippen LogP contribution >= 0.6 is 23.1 Å². The maximum Gasteiger partial charge on any atom is 0.253 e. The molecular formula is C21H24N6O2S2. The van der Waals surface area contributed by atoms with Crippen LogP contribution in [-0.2, 0) is 4.74 Å². The lowest BCUT2D eigenvalue weighted by Crippen LogP contribution is -2.67. The van der Waals surface area contributed by atoms with E-state index in [9.17, 15) is 4.79 Å². The van der Waals surface area contributed by atoms with Crippen LogP contribution in [0.2, 0.25) is 0 Å². The molecule has 2 aliphatic rings. The van der Waals surface area contributed by atoms with E-state index >= 15 is 0 Å². The van der Waals surface area contributed by atoms with Gasteiger partial charge in [0.25, 0.3) is 5.91 Å². The van der Waals surface area contributed by atoms with Crippen LogP contribution in [0, 0.1) is 5.41 Å². The second-order valence-electron chi connectivity index (χ2n) is 8.01. The van der Waals surface area contributed by atoms with E-state index in [1.54, 1.807) is 23.1 Å². The highest BCUT2D eigenvalue weighted by Crippen LogP contribution is 2.38. The summed E-state index contributed by atoms with van der Waals surface area (Å²) in [7, 11) is 0. The van der Waals surface area contributed by atoms with Crippen LogP contribution in [0.15, 0.2) is 35.5 Å². The Hall–Kier alpha value is -2.43. The van der Waals surface area contributed by atoms with Crippen molar-refractivity contribution in [1.29, 1.82) is 0 Å². The van der Waals surface area contributed by atoms with E-state index in [2.05, 4.69) is 25.6 Å². The van der Waals surface area contributed by atoms with Gasteiger partial charge in [-0.05, 0) is 30.9 Å². The zero-order valence-corrected chi connectivity index (χ0v) is 18.9. The van der Waals surface area contributed by atoms with Gasteiger partial charge in [0, 0.05) is 49.0 Å². The number of fused-ring (bicyclic) bond motifs is 1. The van der Waals surface area contributed by atoms with E-state index in [1.807, 2.05) is 41.7 Å². The number of aromatic nitrogens is 3. The molecule has 10 heteroatoms. The third kappa shape index (κ3) is 4.32. The summed E-state index contributed by atoms with van der Waals surface area (Å²) in [6.07, 6.45) is 6.55. The molecule has 1 spiro atoms. The second kappa shape index (κ2) is 8.60. The molecule has 2 aliphatic heterocycles. The fourth-order valence-corrected chi connectivity index (χ4v) is 5.04. The number of ether oxygens (including phenoxy) is 1. The van der Waals surface area contributed by atoms with Crippen LogP contribution < -0.4 is 10.6 Å². The number of thioether (sulfide) groups is 1. The molecule has 31 heavy (non-hydrogen) atoms. The Morgan fingerprint density at radius 1 is 1.23 bits per heavy atom.